The number of nitrogens with one attached hydrogen (secondary N) is 1. The van der Waals surface area contributed by atoms with Gasteiger partial charge >= 0.3 is 0 Å². The molecule has 0 rings (SSSR count). The van der Waals surface area contributed by atoms with Gasteiger partial charge in [-0.3, -0.25) is 0 Å². The van der Waals surface area contributed by atoms with Crippen LogP contribution in [0.2, 0.25) is 0 Å². The predicted octanol–water partition coefficient (Wildman–Crippen LogP) is 1.22. The molecule has 0 bridgehead atoms. The second kappa shape index (κ2) is 7.44. The number of sulfonamides is 1. The highest BCUT2D eigenvalue weighted by atomic mass is 35.5. The van der Waals surface area contributed by atoms with Gasteiger partial charge in [0.15, 0.2) is 0 Å². The summed E-state index contributed by atoms with van der Waals surface area (Å²) in [5.74, 6) is 0. The van der Waals surface area contributed by atoms with Gasteiger partial charge in [0.05, 0.1) is 0 Å². The highest BCUT2D eigenvalue weighted by molar-refractivity contribution is 7.90. The first-order valence-corrected chi connectivity index (χ1v) is 7.31. The minimum atomic E-state index is -3.23. The van der Waals surface area contributed by atoms with Gasteiger partial charge in [0.2, 0.25) is 10.0 Å². The van der Waals surface area contributed by atoms with Gasteiger partial charge in [0, 0.05) is 12.6 Å². The smallest absolute Gasteiger partial charge is 0.225 e. The summed E-state index contributed by atoms with van der Waals surface area (Å²) >= 11 is 5.24. The molecule has 4 nitrogen and oxygen atoms in total. The van der Waals surface area contributed by atoms with E-state index < -0.39 is 10.0 Å². The molecule has 15 heavy (non-hydrogen) atoms. The Morgan fingerprint density at radius 2 is 1.93 bits per heavy atom. The Bertz CT molecular complexity index is 255. The average molecular weight is 257 g/mol. The van der Waals surface area contributed by atoms with E-state index in [1.54, 1.807) is 0 Å². The van der Waals surface area contributed by atoms with E-state index in [1.807, 2.05) is 0 Å². The van der Waals surface area contributed by atoms with Crippen LogP contribution in [0.3, 0.4) is 0 Å². The normalized spacial score (nSPS) is 12.7. The SMILES string of the molecule is CC(C)N(C)CCCCNS(=O)(=O)CCl. The molecule has 0 atom stereocenters. The molecular formula is C9H21ClN2O2S. The summed E-state index contributed by atoms with van der Waals surface area (Å²) in [4.78, 5) is 2.23. The molecule has 0 aliphatic rings. The van der Waals surface area contributed by atoms with Crippen LogP contribution in [-0.4, -0.2) is 44.7 Å². The zero-order valence-corrected chi connectivity index (χ0v) is 11.2. The molecule has 0 fully saturated rings. The molecule has 0 aromatic heterocycles. The van der Waals surface area contributed by atoms with Crippen LogP contribution in [0.5, 0.6) is 0 Å². The Hall–Kier alpha value is 0.160. The van der Waals surface area contributed by atoms with Crippen LogP contribution < -0.4 is 4.72 Å². The third kappa shape index (κ3) is 8.02. The number of alkyl halides is 1. The summed E-state index contributed by atoms with van der Waals surface area (Å²) in [5, 5.41) is -0.362. The summed E-state index contributed by atoms with van der Waals surface area (Å²) < 4.78 is 24.3. The Kier molecular flexibility index (Phi) is 7.52. The molecule has 0 spiro atoms. The Labute approximate surface area is 98.0 Å². The maximum atomic E-state index is 11.0. The maximum absolute atomic E-state index is 11.0. The first kappa shape index (κ1) is 15.2. The topological polar surface area (TPSA) is 49.4 Å². The number of nitrogens with zero attached hydrogens (tertiary/aromatic N) is 1. The van der Waals surface area contributed by atoms with E-state index >= 15 is 0 Å². The second-order valence-corrected chi connectivity index (χ2v) is 6.29. The second-order valence-electron chi connectivity index (χ2n) is 3.90. The van der Waals surface area contributed by atoms with Crippen LogP contribution in [0, 0.1) is 0 Å². The van der Waals surface area contributed by atoms with Gasteiger partial charge in [-0.1, -0.05) is 0 Å². The van der Waals surface area contributed by atoms with Gasteiger partial charge in [0.25, 0.3) is 0 Å². The van der Waals surface area contributed by atoms with Crippen molar-refractivity contribution in [2.75, 3.05) is 25.3 Å². The highest BCUT2D eigenvalue weighted by Crippen LogP contribution is 1.98. The molecule has 0 aromatic rings. The maximum Gasteiger partial charge on any atom is 0.225 e. The third-order valence-electron chi connectivity index (χ3n) is 2.28. The lowest BCUT2D eigenvalue weighted by molar-refractivity contribution is 0.268. The number of unbranched alkanes of at least 4 members (excludes halogenated alkanes) is 1. The summed E-state index contributed by atoms with van der Waals surface area (Å²) in [5.41, 5.74) is 0. The number of rotatable bonds is 8. The standard InChI is InChI=1S/C9H21ClN2O2S/c1-9(2)12(3)7-5-4-6-11-15(13,14)8-10/h9,11H,4-8H2,1-3H3. The number of hydrogen-bond acceptors (Lipinski definition) is 3. The number of halogens is 1. The molecule has 0 aliphatic heterocycles. The fourth-order valence-electron chi connectivity index (χ4n) is 1.01. The van der Waals surface area contributed by atoms with Crippen LogP contribution in [0.25, 0.3) is 0 Å². The van der Waals surface area contributed by atoms with Crippen molar-refractivity contribution in [3.05, 3.63) is 0 Å². The van der Waals surface area contributed by atoms with Crippen LogP contribution in [-0.2, 0) is 10.0 Å². The molecule has 0 radical (unpaired) electrons. The van der Waals surface area contributed by atoms with E-state index in [9.17, 15) is 8.42 Å². The van der Waals surface area contributed by atoms with Crippen molar-refractivity contribution < 1.29 is 8.42 Å². The molecule has 0 saturated carbocycles. The number of hydrogen-bond donors (Lipinski definition) is 1. The summed E-state index contributed by atoms with van der Waals surface area (Å²) in [7, 11) is -1.17. The van der Waals surface area contributed by atoms with Crippen LogP contribution >= 0.6 is 11.6 Å². The van der Waals surface area contributed by atoms with Gasteiger partial charge in [-0.25, -0.2) is 13.1 Å². The van der Waals surface area contributed by atoms with Crippen molar-refractivity contribution in [1.29, 1.82) is 0 Å². The highest BCUT2D eigenvalue weighted by Gasteiger charge is 2.06. The van der Waals surface area contributed by atoms with Crippen LogP contribution in [0.4, 0.5) is 0 Å². The van der Waals surface area contributed by atoms with E-state index in [-0.39, 0.29) is 5.21 Å². The van der Waals surface area contributed by atoms with Gasteiger partial charge in [0.1, 0.15) is 5.21 Å². The van der Waals surface area contributed by atoms with Crippen molar-refractivity contribution in [1.82, 2.24) is 9.62 Å². The van der Waals surface area contributed by atoms with Crippen LogP contribution in [0.15, 0.2) is 0 Å². The largest absolute Gasteiger partial charge is 0.304 e. The van der Waals surface area contributed by atoms with E-state index in [1.165, 1.54) is 0 Å². The van der Waals surface area contributed by atoms with Gasteiger partial charge < -0.3 is 4.90 Å². The van der Waals surface area contributed by atoms with E-state index in [4.69, 9.17) is 11.6 Å². The predicted molar refractivity (Wildman–Crippen MR) is 64.6 cm³/mol. The molecule has 0 aliphatic carbocycles. The lowest BCUT2D eigenvalue weighted by Crippen LogP contribution is -2.29. The molecule has 6 heteroatoms. The average Bonchev–Trinajstić information content (AvgIpc) is 2.16. The Morgan fingerprint density at radius 3 is 2.40 bits per heavy atom. The first-order valence-electron chi connectivity index (χ1n) is 5.12. The first-order chi connectivity index (χ1) is 6.89. The van der Waals surface area contributed by atoms with E-state index in [2.05, 4.69) is 30.5 Å². The summed E-state index contributed by atoms with van der Waals surface area (Å²) in [6.45, 7) is 5.73. The fraction of sp³-hybridized carbons (Fsp3) is 1.00. The van der Waals surface area contributed by atoms with Crippen molar-refractivity contribution in [3.63, 3.8) is 0 Å². The molecule has 0 heterocycles. The lowest BCUT2D eigenvalue weighted by atomic mass is 10.2. The summed E-state index contributed by atoms with van der Waals surface area (Å²) in [6.07, 6.45) is 1.83. The van der Waals surface area contributed by atoms with Crippen molar-refractivity contribution >= 4 is 21.6 Å². The molecule has 0 saturated heterocycles. The Morgan fingerprint density at radius 1 is 1.33 bits per heavy atom. The molecular weight excluding hydrogens is 236 g/mol. The van der Waals surface area contributed by atoms with Gasteiger partial charge in [-0.2, -0.15) is 0 Å². The lowest BCUT2D eigenvalue weighted by Gasteiger charge is -2.20. The molecule has 0 amide bonds. The third-order valence-corrected chi connectivity index (χ3v) is 4.08. The minimum Gasteiger partial charge on any atom is -0.304 e. The molecule has 92 valence electrons. The zero-order valence-electron chi connectivity index (χ0n) is 9.66. The minimum absolute atomic E-state index is 0.362. The van der Waals surface area contributed by atoms with Gasteiger partial charge in [-0.05, 0) is 40.3 Å². The van der Waals surface area contributed by atoms with Crippen molar-refractivity contribution in [3.8, 4) is 0 Å². The zero-order chi connectivity index (χ0) is 11.9. The Balaban J connectivity index is 3.49. The van der Waals surface area contributed by atoms with Gasteiger partial charge in [-0.15, -0.1) is 11.6 Å². The monoisotopic (exact) mass is 256 g/mol. The van der Waals surface area contributed by atoms with E-state index in [0.717, 1.165) is 19.4 Å². The fourth-order valence-corrected chi connectivity index (χ4v) is 1.77. The molecule has 1 N–H and O–H groups in total. The quantitative estimate of drug-likeness (QED) is 0.525. The van der Waals surface area contributed by atoms with Crippen molar-refractivity contribution in [2.24, 2.45) is 0 Å². The van der Waals surface area contributed by atoms with E-state index in [0.29, 0.717) is 12.6 Å². The molecule has 0 unspecified atom stereocenters. The molecule has 0 aromatic carbocycles. The summed E-state index contributed by atoms with van der Waals surface area (Å²) in [6, 6.07) is 0.532. The van der Waals surface area contributed by atoms with Crippen LogP contribution in [0.1, 0.15) is 26.7 Å². The van der Waals surface area contributed by atoms with Crippen molar-refractivity contribution in [2.45, 2.75) is 32.7 Å².